The molecule has 0 bridgehead atoms. The Hall–Kier alpha value is -1.22. The van der Waals surface area contributed by atoms with Crippen LogP contribution in [0.2, 0.25) is 5.02 Å². The van der Waals surface area contributed by atoms with Gasteiger partial charge in [-0.25, -0.2) is 0 Å². The lowest BCUT2D eigenvalue weighted by Gasteiger charge is -2.03. The Kier molecular flexibility index (Phi) is 3.67. The third-order valence-electron chi connectivity index (χ3n) is 2.50. The first-order chi connectivity index (χ1) is 7.74. The number of rotatable bonds is 4. The lowest BCUT2D eigenvalue weighted by Crippen LogP contribution is -2.33. The van der Waals surface area contributed by atoms with Gasteiger partial charge in [-0.05, 0) is 37.0 Å². The second-order valence-corrected chi connectivity index (χ2v) is 4.50. The summed E-state index contributed by atoms with van der Waals surface area (Å²) >= 11 is 5.89. The maximum absolute atomic E-state index is 5.89. The van der Waals surface area contributed by atoms with E-state index in [1.54, 1.807) is 0 Å². The number of hydrogen-bond acceptors (Lipinski definition) is 1. The zero-order valence-corrected chi connectivity index (χ0v) is 9.87. The van der Waals surface area contributed by atoms with Crippen molar-refractivity contribution in [2.45, 2.75) is 25.3 Å². The van der Waals surface area contributed by atoms with Crippen LogP contribution in [0.4, 0.5) is 0 Å². The van der Waals surface area contributed by atoms with Gasteiger partial charge >= 0.3 is 0 Å². The van der Waals surface area contributed by atoms with Crippen molar-refractivity contribution >= 4 is 17.6 Å². The number of aliphatic imine (C=N–C) groups is 1. The number of nitrogens with zero attached hydrogens (tertiary/aromatic N) is 1. The van der Waals surface area contributed by atoms with Gasteiger partial charge in [0.2, 0.25) is 0 Å². The minimum absolute atomic E-state index is 0.560. The second-order valence-electron chi connectivity index (χ2n) is 4.07. The first kappa shape index (κ1) is 11.3. The van der Waals surface area contributed by atoms with E-state index in [2.05, 4.69) is 10.3 Å². The van der Waals surface area contributed by atoms with Gasteiger partial charge in [0, 0.05) is 17.6 Å². The summed E-state index contributed by atoms with van der Waals surface area (Å²) in [4.78, 5) is 4.27. The van der Waals surface area contributed by atoms with Crippen molar-refractivity contribution in [2.75, 3.05) is 6.54 Å². The first-order valence-corrected chi connectivity index (χ1v) is 5.93. The molecule has 1 aromatic carbocycles. The number of nitrogens with one attached hydrogen (secondary N) is 1. The molecule has 0 heterocycles. The van der Waals surface area contributed by atoms with Crippen LogP contribution in [0.25, 0.3) is 0 Å². The van der Waals surface area contributed by atoms with Crippen molar-refractivity contribution < 1.29 is 0 Å². The molecule has 0 radical (unpaired) electrons. The molecule has 0 aromatic heterocycles. The van der Waals surface area contributed by atoms with Crippen LogP contribution >= 0.6 is 11.6 Å². The molecule has 1 aromatic rings. The summed E-state index contributed by atoms with van der Waals surface area (Å²) in [7, 11) is 0. The van der Waals surface area contributed by atoms with Crippen molar-refractivity contribution in [3.8, 4) is 0 Å². The van der Waals surface area contributed by atoms with Gasteiger partial charge in [-0.3, -0.25) is 4.99 Å². The molecule has 0 aliphatic heterocycles. The molecule has 0 saturated heterocycles. The van der Waals surface area contributed by atoms with E-state index in [1.165, 1.54) is 18.4 Å². The zero-order chi connectivity index (χ0) is 11.4. The fourth-order valence-electron chi connectivity index (χ4n) is 1.48. The number of guanidine groups is 1. The Bertz CT molecular complexity index is 386. The van der Waals surface area contributed by atoms with Crippen LogP contribution in [0.1, 0.15) is 18.4 Å². The van der Waals surface area contributed by atoms with E-state index >= 15 is 0 Å². The van der Waals surface area contributed by atoms with Crippen LogP contribution < -0.4 is 11.1 Å². The molecule has 86 valence electrons. The Morgan fingerprint density at radius 1 is 1.50 bits per heavy atom. The maximum atomic E-state index is 5.89. The summed E-state index contributed by atoms with van der Waals surface area (Å²) in [6.45, 7) is 0.700. The van der Waals surface area contributed by atoms with Gasteiger partial charge < -0.3 is 11.1 Å². The molecule has 0 atom stereocenters. The highest BCUT2D eigenvalue weighted by molar-refractivity contribution is 6.30. The normalized spacial score (nSPS) is 16.2. The van der Waals surface area contributed by atoms with Crippen LogP contribution in [-0.4, -0.2) is 18.5 Å². The molecule has 0 spiro atoms. The molecule has 1 fully saturated rings. The second kappa shape index (κ2) is 5.21. The summed E-state index contributed by atoms with van der Waals surface area (Å²) in [6.07, 6.45) is 3.29. The number of nitrogens with two attached hydrogens (primary N) is 1. The van der Waals surface area contributed by atoms with Crippen molar-refractivity contribution in [1.82, 2.24) is 5.32 Å². The summed E-state index contributed by atoms with van der Waals surface area (Å²) in [6, 6.07) is 8.40. The van der Waals surface area contributed by atoms with Crippen LogP contribution in [0.3, 0.4) is 0 Å². The van der Waals surface area contributed by atoms with E-state index in [1.807, 2.05) is 24.3 Å². The SMILES string of the molecule is NC(=NCCc1cccc(Cl)c1)NC1CC1. The first-order valence-electron chi connectivity index (χ1n) is 5.55. The smallest absolute Gasteiger partial charge is 0.188 e. The van der Waals surface area contributed by atoms with Gasteiger partial charge in [0.15, 0.2) is 5.96 Å². The summed E-state index contributed by atoms with van der Waals surface area (Å²) in [5.74, 6) is 0.560. The van der Waals surface area contributed by atoms with Gasteiger partial charge in [-0.15, -0.1) is 0 Å². The molecule has 0 amide bonds. The number of hydrogen-bond donors (Lipinski definition) is 2. The highest BCUT2D eigenvalue weighted by Gasteiger charge is 2.21. The molecule has 1 saturated carbocycles. The Morgan fingerprint density at radius 3 is 3.00 bits per heavy atom. The maximum Gasteiger partial charge on any atom is 0.188 e. The lowest BCUT2D eigenvalue weighted by atomic mass is 10.1. The van der Waals surface area contributed by atoms with Gasteiger partial charge in [-0.2, -0.15) is 0 Å². The minimum atomic E-state index is 0.560. The predicted molar refractivity (Wildman–Crippen MR) is 67.8 cm³/mol. The van der Waals surface area contributed by atoms with Crippen LogP contribution in [0.5, 0.6) is 0 Å². The molecular weight excluding hydrogens is 222 g/mol. The molecule has 0 unspecified atom stereocenters. The molecule has 1 aliphatic rings. The predicted octanol–water partition coefficient (Wildman–Crippen LogP) is 1.95. The molecule has 4 heteroatoms. The van der Waals surface area contributed by atoms with E-state index in [4.69, 9.17) is 17.3 Å². The molecule has 16 heavy (non-hydrogen) atoms. The van der Waals surface area contributed by atoms with Gasteiger partial charge in [0.05, 0.1) is 0 Å². The van der Waals surface area contributed by atoms with Gasteiger partial charge in [0.25, 0.3) is 0 Å². The van der Waals surface area contributed by atoms with Crippen LogP contribution in [0, 0.1) is 0 Å². The highest BCUT2D eigenvalue weighted by atomic mass is 35.5. The van der Waals surface area contributed by atoms with E-state index < -0.39 is 0 Å². The monoisotopic (exact) mass is 237 g/mol. The average Bonchev–Trinajstić information content (AvgIpc) is 3.02. The van der Waals surface area contributed by atoms with Crippen molar-refractivity contribution in [2.24, 2.45) is 10.7 Å². The fourth-order valence-corrected chi connectivity index (χ4v) is 1.69. The highest BCUT2D eigenvalue weighted by Crippen LogP contribution is 2.18. The van der Waals surface area contributed by atoms with Crippen molar-refractivity contribution in [3.05, 3.63) is 34.9 Å². The molecule has 2 rings (SSSR count). The summed E-state index contributed by atoms with van der Waals surface area (Å²) in [5, 5.41) is 3.92. The number of halogens is 1. The van der Waals surface area contributed by atoms with E-state index in [9.17, 15) is 0 Å². The van der Waals surface area contributed by atoms with Crippen LogP contribution in [0.15, 0.2) is 29.3 Å². The summed E-state index contributed by atoms with van der Waals surface area (Å²) in [5.41, 5.74) is 6.91. The van der Waals surface area contributed by atoms with Crippen molar-refractivity contribution in [3.63, 3.8) is 0 Å². The largest absolute Gasteiger partial charge is 0.370 e. The zero-order valence-electron chi connectivity index (χ0n) is 9.12. The molecular formula is C12H16ClN3. The van der Waals surface area contributed by atoms with E-state index in [0.717, 1.165) is 11.4 Å². The number of benzene rings is 1. The van der Waals surface area contributed by atoms with Crippen molar-refractivity contribution in [1.29, 1.82) is 0 Å². The average molecular weight is 238 g/mol. The lowest BCUT2D eigenvalue weighted by molar-refractivity contribution is 0.870. The van der Waals surface area contributed by atoms with E-state index in [-0.39, 0.29) is 0 Å². The topological polar surface area (TPSA) is 50.4 Å². The Balaban J connectivity index is 1.78. The third kappa shape index (κ3) is 3.74. The Labute approximate surface area is 101 Å². The van der Waals surface area contributed by atoms with Gasteiger partial charge in [0.1, 0.15) is 0 Å². The summed E-state index contributed by atoms with van der Waals surface area (Å²) < 4.78 is 0. The van der Waals surface area contributed by atoms with Gasteiger partial charge in [-0.1, -0.05) is 23.7 Å². The fraction of sp³-hybridized carbons (Fsp3) is 0.417. The third-order valence-corrected chi connectivity index (χ3v) is 2.74. The van der Waals surface area contributed by atoms with Crippen LogP contribution in [-0.2, 0) is 6.42 Å². The Morgan fingerprint density at radius 2 is 2.31 bits per heavy atom. The van der Waals surface area contributed by atoms with E-state index in [0.29, 0.717) is 18.5 Å². The molecule has 3 nitrogen and oxygen atoms in total. The molecule has 1 aliphatic carbocycles. The minimum Gasteiger partial charge on any atom is -0.370 e. The molecule has 3 N–H and O–H groups in total. The standard InChI is InChI=1S/C12H16ClN3/c13-10-3-1-2-9(8-10)6-7-15-12(14)16-11-4-5-11/h1-3,8,11H,4-7H2,(H3,14,15,16). The quantitative estimate of drug-likeness (QED) is 0.621.